The van der Waals surface area contributed by atoms with Crippen LogP contribution >= 0.6 is 11.3 Å². The first kappa shape index (κ1) is 15.5. The van der Waals surface area contributed by atoms with Crippen LogP contribution in [-0.2, 0) is 14.3 Å². The molecule has 0 spiro atoms. The van der Waals surface area contributed by atoms with Crippen LogP contribution in [0.1, 0.15) is 24.3 Å². The van der Waals surface area contributed by atoms with Crippen LogP contribution in [0.3, 0.4) is 0 Å². The molecule has 0 aliphatic carbocycles. The lowest BCUT2D eigenvalue weighted by Gasteiger charge is -2.31. The quantitative estimate of drug-likeness (QED) is 0.790. The molecular weight excluding hydrogens is 318 g/mol. The zero-order valence-electron chi connectivity index (χ0n) is 12.6. The Bertz CT molecular complexity index is 668. The molecule has 0 unspecified atom stereocenters. The SMILES string of the molecule is CCCNC(=O)CN1C(=O)N[C@@H](c2cccs2)C2=C1COC2=O. The second kappa shape index (κ2) is 6.41. The van der Waals surface area contributed by atoms with Gasteiger partial charge in [0.25, 0.3) is 0 Å². The van der Waals surface area contributed by atoms with Crippen molar-refractivity contribution in [2.24, 2.45) is 0 Å². The van der Waals surface area contributed by atoms with Gasteiger partial charge in [0.1, 0.15) is 13.2 Å². The third kappa shape index (κ3) is 2.94. The highest BCUT2D eigenvalue weighted by molar-refractivity contribution is 7.10. The number of carbonyl (C=O) groups excluding carboxylic acids is 3. The average Bonchev–Trinajstić information content (AvgIpc) is 3.18. The Morgan fingerprint density at radius 1 is 1.52 bits per heavy atom. The van der Waals surface area contributed by atoms with Gasteiger partial charge in [0, 0.05) is 11.4 Å². The topological polar surface area (TPSA) is 87.7 Å². The molecule has 0 saturated heterocycles. The Labute approximate surface area is 137 Å². The van der Waals surface area contributed by atoms with Crippen LogP contribution in [0.5, 0.6) is 0 Å². The molecule has 2 aliphatic rings. The monoisotopic (exact) mass is 335 g/mol. The third-order valence-electron chi connectivity index (χ3n) is 3.70. The minimum absolute atomic E-state index is 0.0184. The summed E-state index contributed by atoms with van der Waals surface area (Å²) < 4.78 is 5.10. The molecule has 0 bridgehead atoms. The highest BCUT2D eigenvalue weighted by Gasteiger charge is 2.42. The van der Waals surface area contributed by atoms with E-state index in [1.807, 2.05) is 24.4 Å². The van der Waals surface area contributed by atoms with Crippen LogP contribution in [-0.4, -0.2) is 42.5 Å². The number of amides is 3. The van der Waals surface area contributed by atoms with E-state index in [1.165, 1.54) is 16.2 Å². The van der Waals surface area contributed by atoms with Crippen LogP contribution in [0.15, 0.2) is 28.8 Å². The summed E-state index contributed by atoms with van der Waals surface area (Å²) in [5.41, 5.74) is 0.888. The zero-order chi connectivity index (χ0) is 16.4. The first-order chi connectivity index (χ1) is 11.1. The summed E-state index contributed by atoms with van der Waals surface area (Å²) in [6, 6.07) is 2.81. The number of esters is 1. The van der Waals surface area contributed by atoms with Crippen molar-refractivity contribution in [3.63, 3.8) is 0 Å². The van der Waals surface area contributed by atoms with Crippen molar-refractivity contribution >= 4 is 29.2 Å². The molecule has 122 valence electrons. The van der Waals surface area contributed by atoms with Crippen LogP contribution in [0.2, 0.25) is 0 Å². The number of nitrogens with zero attached hydrogens (tertiary/aromatic N) is 1. The number of carbonyl (C=O) groups is 3. The molecule has 2 aliphatic heterocycles. The fourth-order valence-corrected chi connectivity index (χ4v) is 3.40. The van der Waals surface area contributed by atoms with Gasteiger partial charge in [0.2, 0.25) is 5.91 Å². The Morgan fingerprint density at radius 3 is 3.04 bits per heavy atom. The molecule has 7 nitrogen and oxygen atoms in total. The maximum atomic E-state index is 12.4. The molecule has 1 atom stereocenters. The van der Waals surface area contributed by atoms with Crippen LogP contribution in [0.4, 0.5) is 4.79 Å². The summed E-state index contributed by atoms with van der Waals surface area (Å²) in [4.78, 5) is 38.5. The number of ether oxygens (including phenoxy) is 1. The van der Waals surface area contributed by atoms with Crippen LogP contribution < -0.4 is 10.6 Å². The van der Waals surface area contributed by atoms with Crippen LogP contribution in [0, 0.1) is 0 Å². The fraction of sp³-hybridized carbons (Fsp3) is 0.400. The number of rotatable bonds is 5. The second-order valence-electron chi connectivity index (χ2n) is 5.27. The zero-order valence-corrected chi connectivity index (χ0v) is 13.4. The van der Waals surface area contributed by atoms with Crippen LogP contribution in [0.25, 0.3) is 0 Å². The van der Waals surface area contributed by atoms with Crippen molar-refractivity contribution in [1.82, 2.24) is 15.5 Å². The summed E-state index contributed by atoms with van der Waals surface area (Å²) in [7, 11) is 0. The van der Waals surface area contributed by atoms with Crippen molar-refractivity contribution in [3.05, 3.63) is 33.7 Å². The van der Waals surface area contributed by atoms with Gasteiger partial charge < -0.3 is 15.4 Å². The molecule has 3 heterocycles. The van der Waals surface area contributed by atoms with E-state index in [4.69, 9.17) is 4.74 Å². The first-order valence-corrected chi connectivity index (χ1v) is 8.28. The van der Waals surface area contributed by atoms with Gasteiger partial charge in [0.15, 0.2) is 0 Å². The van der Waals surface area contributed by atoms with Crippen molar-refractivity contribution in [2.45, 2.75) is 19.4 Å². The van der Waals surface area contributed by atoms with Crippen molar-refractivity contribution in [1.29, 1.82) is 0 Å². The maximum Gasteiger partial charge on any atom is 0.338 e. The molecule has 0 aromatic carbocycles. The van der Waals surface area contributed by atoms with Gasteiger partial charge in [-0.2, -0.15) is 0 Å². The van der Waals surface area contributed by atoms with E-state index >= 15 is 0 Å². The van der Waals surface area contributed by atoms with Gasteiger partial charge in [-0.15, -0.1) is 11.3 Å². The average molecular weight is 335 g/mol. The van der Waals surface area contributed by atoms with Gasteiger partial charge in [-0.25, -0.2) is 9.59 Å². The molecular formula is C15H17N3O4S. The highest BCUT2D eigenvalue weighted by Crippen LogP contribution is 2.36. The molecule has 0 saturated carbocycles. The Hall–Kier alpha value is -2.35. The second-order valence-corrected chi connectivity index (χ2v) is 6.25. The summed E-state index contributed by atoms with van der Waals surface area (Å²) in [5, 5.41) is 7.40. The molecule has 1 aromatic rings. The summed E-state index contributed by atoms with van der Waals surface area (Å²) in [5.74, 6) is -0.708. The summed E-state index contributed by atoms with van der Waals surface area (Å²) in [6.45, 7) is 2.39. The van der Waals surface area contributed by atoms with Gasteiger partial charge in [-0.1, -0.05) is 13.0 Å². The smallest absolute Gasteiger partial charge is 0.338 e. The molecule has 0 radical (unpaired) electrons. The molecule has 3 amide bonds. The lowest BCUT2D eigenvalue weighted by atomic mass is 10.0. The standard InChI is InChI=1S/C15H17N3O4S/c1-2-5-16-11(19)7-18-9-8-22-14(20)12(9)13(17-15(18)21)10-4-3-6-23-10/h3-4,6,13H,2,5,7-8H2,1H3,(H,16,19)(H,17,21)/t13-/m0/s1. The van der Waals surface area contributed by atoms with E-state index in [0.717, 1.165) is 11.3 Å². The largest absolute Gasteiger partial charge is 0.456 e. The van der Waals surface area contributed by atoms with Crippen molar-refractivity contribution < 1.29 is 19.1 Å². The molecule has 2 N–H and O–H groups in total. The minimum atomic E-state index is -0.512. The number of nitrogens with one attached hydrogen (secondary N) is 2. The summed E-state index contributed by atoms with van der Waals surface area (Å²) >= 11 is 1.45. The number of hydrogen-bond donors (Lipinski definition) is 2. The molecule has 8 heteroatoms. The molecule has 1 aromatic heterocycles. The van der Waals surface area contributed by atoms with E-state index in [1.54, 1.807) is 0 Å². The van der Waals surface area contributed by atoms with Gasteiger partial charge >= 0.3 is 12.0 Å². The number of urea groups is 1. The van der Waals surface area contributed by atoms with E-state index in [0.29, 0.717) is 17.8 Å². The van der Waals surface area contributed by atoms with E-state index in [2.05, 4.69) is 10.6 Å². The Balaban J connectivity index is 1.88. The maximum absolute atomic E-state index is 12.4. The fourth-order valence-electron chi connectivity index (χ4n) is 2.61. The highest BCUT2D eigenvalue weighted by atomic mass is 32.1. The number of cyclic esters (lactones) is 1. The lowest BCUT2D eigenvalue weighted by molar-refractivity contribution is -0.136. The molecule has 0 fully saturated rings. The Kier molecular flexibility index (Phi) is 4.33. The molecule has 3 rings (SSSR count). The minimum Gasteiger partial charge on any atom is -0.456 e. The Morgan fingerprint density at radius 2 is 2.35 bits per heavy atom. The van der Waals surface area contributed by atoms with Gasteiger partial charge in [0.05, 0.1) is 17.3 Å². The van der Waals surface area contributed by atoms with E-state index in [9.17, 15) is 14.4 Å². The van der Waals surface area contributed by atoms with Gasteiger partial charge in [-0.05, 0) is 17.9 Å². The lowest BCUT2D eigenvalue weighted by Crippen LogP contribution is -2.50. The number of thiophene rings is 1. The predicted molar refractivity (Wildman–Crippen MR) is 83.6 cm³/mol. The van der Waals surface area contributed by atoms with E-state index < -0.39 is 18.0 Å². The normalized spacial score (nSPS) is 20.2. The first-order valence-electron chi connectivity index (χ1n) is 7.40. The van der Waals surface area contributed by atoms with Crippen molar-refractivity contribution in [3.8, 4) is 0 Å². The van der Waals surface area contributed by atoms with Crippen molar-refractivity contribution in [2.75, 3.05) is 19.7 Å². The van der Waals surface area contributed by atoms with Gasteiger partial charge in [-0.3, -0.25) is 9.69 Å². The number of hydrogen-bond acceptors (Lipinski definition) is 5. The third-order valence-corrected chi connectivity index (χ3v) is 4.64. The predicted octanol–water partition coefficient (Wildman–Crippen LogP) is 1.15. The summed E-state index contributed by atoms with van der Waals surface area (Å²) in [6.07, 6.45) is 0.813. The van der Waals surface area contributed by atoms with E-state index in [-0.39, 0.29) is 19.1 Å². The molecule has 23 heavy (non-hydrogen) atoms.